The van der Waals surface area contributed by atoms with Crippen LogP contribution in [0.4, 0.5) is 0 Å². The number of ketones is 1. The first-order valence-electron chi connectivity index (χ1n) is 7.95. The highest BCUT2D eigenvalue weighted by atomic mass is 16.5. The molecular weight excluding hydrogens is 336 g/mol. The molecule has 0 fully saturated rings. The van der Waals surface area contributed by atoms with E-state index in [-0.39, 0.29) is 22.6 Å². The van der Waals surface area contributed by atoms with Crippen LogP contribution in [-0.4, -0.2) is 38.6 Å². The number of pyridine rings is 2. The molecule has 0 aliphatic carbocycles. The van der Waals surface area contributed by atoms with Gasteiger partial charge in [-0.15, -0.1) is 0 Å². The predicted octanol–water partition coefficient (Wildman–Crippen LogP) is 2.02. The number of aryl methyl sites for hydroxylation is 3. The van der Waals surface area contributed by atoms with E-state index in [0.29, 0.717) is 28.0 Å². The minimum atomic E-state index is -0.558. The monoisotopic (exact) mass is 354 g/mol. The van der Waals surface area contributed by atoms with Gasteiger partial charge in [-0.05, 0) is 33.8 Å². The van der Waals surface area contributed by atoms with E-state index >= 15 is 0 Å². The minimum Gasteiger partial charge on any atom is -0.465 e. The summed E-state index contributed by atoms with van der Waals surface area (Å²) < 4.78 is 6.11. The van der Waals surface area contributed by atoms with Crippen LogP contribution in [0.3, 0.4) is 0 Å². The van der Waals surface area contributed by atoms with E-state index in [4.69, 9.17) is 4.74 Å². The van der Waals surface area contributed by atoms with Gasteiger partial charge in [-0.1, -0.05) is 0 Å². The number of nitrogens with zero attached hydrogens (tertiary/aromatic N) is 3. The first kappa shape index (κ1) is 17.5. The second-order valence-corrected chi connectivity index (χ2v) is 6.03. The molecule has 0 spiro atoms. The Hall–Kier alpha value is -3.29. The van der Waals surface area contributed by atoms with Crippen LogP contribution in [0, 0.1) is 20.8 Å². The number of rotatable bonds is 3. The van der Waals surface area contributed by atoms with Gasteiger partial charge in [-0.2, -0.15) is 5.10 Å². The molecule has 8 heteroatoms. The number of methoxy groups -OCH3 is 1. The van der Waals surface area contributed by atoms with Gasteiger partial charge in [0.2, 0.25) is 0 Å². The van der Waals surface area contributed by atoms with Crippen LogP contribution in [0.5, 0.6) is 0 Å². The SMILES string of the molecule is COC(=O)c1c(C)nc(C)c2c(=O)n(-c3n[nH]c(C)c3C(C)=O)ccc12. The van der Waals surface area contributed by atoms with Crippen molar-refractivity contribution in [1.82, 2.24) is 19.7 Å². The molecule has 0 radical (unpaired) electrons. The third kappa shape index (κ3) is 2.50. The van der Waals surface area contributed by atoms with Crippen molar-refractivity contribution in [2.45, 2.75) is 27.7 Å². The largest absolute Gasteiger partial charge is 0.465 e. The summed E-state index contributed by atoms with van der Waals surface area (Å²) in [6.45, 7) is 6.52. The first-order chi connectivity index (χ1) is 12.3. The molecule has 26 heavy (non-hydrogen) atoms. The fourth-order valence-electron chi connectivity index (χ4n) is 3.19. The van der Waals surface area contributed by atoms with Crippen LogP contribution in [0.2, 0.25) is 0 Å². The molecule has 0 atom stereocenters. The van der Waals surface area contributed by atoms with Gasteiger partial charge < -0.3 is 4.74 Å². The van der Waals surface area contributed by atoms with Crippen LogP contribution in [0.25, 0.3) is 16.6 Å². The lowest BCUT2D eigenvalue weighted by atomic mass is 10.0. The summed E-state index contributed by atoms with van der Waals surface area (Å²) in [6.07, 6.45) is 1.50. The van der Waals surface area contributed by atoms with Gasteiger partial charge in [-0.25, -0.2) is 4.79 Å². The van der Waals surface area contributed by atoms with Gasteiger partial charge in [0.05, 0.1) is 35.0 Å². The minimum absolute atomic E-state index is 0.202. The average molecular weight is 354 g/mol. The number of esters is 1. The molecule has 0 unspecified atom stereocenters. The Balaban J connectivity index is 2.41. The standard InChI is InChI=1S/C18H18N4O4/c1-8-14-12(15(9(2)19-8)18(25)26-5)6-7-22(17(14)24)16-13(11(4)23)10(3)20-21-16/h6-7H,1-5H3,(H,20,21). The number of hydrogen-bond donors (Lipinski definition) is 1. The first-order valence-corrected chi connectivity index (χ1v) is 7.95. The highest BCUT2D eigenvalue weighted by molar-refractivity contribution is 6.05. The third-order valence-electron chi connectivity index (χ3n) is 4.32. The summed E-state index contributed by atoms with van der Waals surface area (Å²) in [6, 6.07) is 1.64. The van der Waals surface area contributed by atoms with Crippen molar-refractivity contribution < 1.29 is 14.3 Å². The van der Waals surface area contributed by atoms with Crippen molar-refractivity contribution in [1.29, 1.82) is 0 Å². The Morgan fingerprint density at radius 1 is 1.15 bits per heavy atom. The van der Waals surface area contributed by atoms with E-state index in [1.54, 1.807) is 26.8 Å². The molecule has 0 amide bonds. The van der Waals surface area contributed by atoms with E-state index < -0.39 is 11.5 Å². The fraction of sp³-hybridized carbons (Fsp3) is 0.278. The van der Waals surface area contributed by atoms with Crippen LogP contribution < -0.4 is 5.56 Å². The molecule has 0 aromatic carbocycles. The van der Waals surface area contributed by atoms with E-state index in [1.165, 1.54) is 24.8 Å². The maximum absolute atomic E-state index is 13.1. The van der Waals surface area contributed by atoms with Gasteiger partial charge in [0, 0.05) is 17.3 Å². The zero-order valence-corrected chi connectivity index (χ0v) is 15.1. The topological polar surface area (TPSA) is 107 Å². The van der Waals surface area contributed by atoms with Crippen LogP contribution in [0.15, 0.2) is 17.1 Å². The number of ether oxygens (including phenoxy) is 1. The maximum atomic E-state index is 13.1. The third-order valence-corrected chi connectivity index (χ3v) is 4.32. The molecule has 8 nitrogen and oxygen atoms in total. The van der Waals surface area contributed by atoms with Gasteiger partial charge in [0.15, 0.2) is 11.6 Å². The number of hydrogen-bond acceptors (Lipinski definition) is 6. The number of nitrogens with one attached hydrogen (secondary N) is 1. The van der Waals surface area contributed by atoms with Crippen molar-refractivity contribution in [2.75, 3.05) is 7.11 Å². The van der Waals surface area contributed by atoms with Crippen molar-refractivity contribution in [2.24, 2.45) is 0 Å². The van der Waals surface area contributed by atoms with E-state index in [9.17, 15) is 14.4 Å². The van der Waals surface area contributed by atoms with E-state index in [1.807, 2.05) is 0 Å². The highest BCUT2D eigenvalue weighted by Gasteiger charge is 2.22. The van der Waals surface area contributed by atoms with E-state index in [2.05, 4.69) is 15.2 Å². The zero-order chi connectivity index (χ0) is 19.2. The van der Waals surface area contributed by atoms with Gasteiger partial charge in [0.1, 0.15) is 0 Å². The number of aromatic amines is 1. The Morgan fingerprint density at radius 3 is 2.46 bits per heavy atom. The molecule has 0 saturated heterocycles. The number of aromatic nitrogens is 4. The quantitative estimate of drug-likeness (QED) is 0.570. The number of carbonyl (C=O) groups excluding carboxylic acids is 2. The molecule has 0 aliphatic heterocycles. The van der Waals surface area contributed by atoms with Crippen molar-refractivity contribution in [3.05, 3.63) is 50.8 Å². The number of Topliss-reactive ketones (excluding diaryl/α,β-unsaturated/α-hetero) is 1. The summed E-state index contributed by atoms with van der Waals surface area (Å²) in [5.41, 5.74) is 1.74. The van der Waals surface area contributed by atoms with E-state index in [0.717, 1.165) is 0 Å². The van der Waals surface area contributed by atoms with Gasteiger partial charge in [0.25, 0.3) is 5.56 Å². The van der Waals surface area contributed by atoms with Gasteiger partial charge >= 0.3 is 5.97 Å². The van der Waals surface area contributed by atoms with Crippen molar-refractivity contribution in [3.63, 3.8) is 0 Å². The molecule has 0 bridgehead atoms. The van der Waals surface area contributed by atoms with Crippen LogP contribution in [-0.2, 0) is 4.74 Å². The molecule has 0 saturated carbocycles. The summed E-state index contributed by atoms with van der Waals surface area (Å²) in [5.74, 6) is -0.536. The number of carbonyl (C=O) groups is 2. The summed E-state index contributed by atoms with van der Waals surface area (Å²) in [4.78, 5) is 41.5. The second kappa shape index (κ2) is 6.21. The Labute approximate surface area is 148 Å². The Kier molecular flexibility index (Phi) is 4.19. The average Bonchev–Trinajstić information content (AvgIpc) is 2.95. The van der Waals surface area contributed by atoms with Crippen molar-refractivity contribution >= 4 is 22.5 Å². The van der Waals surface area contributed by atoms with Crippen LogP contribution in [0.1, 0.15) is 44.7 Å². The lowest BCUT2D eigenvalue weighted by molar-refractivity contribution is 0.0601. The summed E-state index contributed by atoms with van der Waals surface area (Å²) in [5, 5.41) is 7.58. The molecule has 3 rings (SSSR count). The molecule has 3 aromatic rings. The number of fused-ring (bicyclic) bond motifs is 1. The fourth-order valence-corrected chi connectivity index (χ4v) is 3.19. The molecule has 1 N–H and O–H groups in total. The Morgan fingerprint density at radius 2 is 1.85 bits per heavy atom. The van der Waals surface area contributed by atoms with Crippen LogP contribution >= 0.6 is 0 Å². The molecule has 0 aliphatic rings. The number of H-pyrrole nitrogens is 1. The smallest absolute Gasteiger partial charge is 0.340 e. The summed E-state index contributed by atoms with van der Waals surface area (Å²) >= 11 is 0. The second-order valence-electron chi connectivity index (χ2n) is 6.03. The Bertz CT molecular complexity index is 1120. The summed E-state index contributed by atoms with van der Waals surface area (Å²) in [7, 11) is 1.28. The molecule has 134 valence electrons. The van der Waals surface area contributed by atoms with Crippen molar-refractivity contribution in [3.8, 4) is 5.82 Å². The normalized spacial score (nSPS) is 11.0. The predicted molar refractivity (Wildman–Crippen MR) is 95.0 cm³/mol. The molecule has 3 heterocycles. The molecule has 3 aromatic heterocycles. The lowest BCUT2D eigenvalue weighted by Crippen LogP contribution is -2.22. The zero-order valence-electron chi connectivity index (χ0n) is 15.1. The van der Waals surface area contributed by atoms with Gasteiger partial charge in [-0.3, -0.25) is 24.2 Å². The maximum Gasteiger partial charge on any atom is 0.340 e. The molecular formula is C18H18N4O4. The lowest BCUT2D eigenvalue weighted by Gasteiger charge is -2.12. The highest BCUT2D eigenvalue weighted by Crippen LogP contribution is 2.23.